The molecule has 0 saturated heterocycles. The summed E-state index contributed by atoms with van der Waals surface area (Å²) in [5.74, 6) is -0.249. The van der Waals surface area contributed by atoms with Crippen molar-refractivity contribution < 1.29 is 22.4 Å². The molecule has 0 atom stereocenters. The third-order valence-corrected chi connectivity index (χ3v) is 4.58. The minimum atomic E-state index is -4.42. The van der Waals surface area contributed by atoms with Crippen molar-refractivity contribution in [3.8, 4) is 11.5 Å². The minimum Gasteiger partial charge on any atom is -0.403 e. The number of thioether (sulfide) groups is 1. The molecule has 5 nitrogen and oxygen atoms in total. The topological polar surface area (TPSA) is 68.0 Å². The number of alkyl halides is 3. The van der Waals surface area contributed by atoms with Gasteiger partial charge in [-0.15, -0.1) is 16.9 Å². The number of amides is 1. The van der Waals surface area contributed by atoms with Crippen molar-refractivity contribution in [2.24, 2.45) is 0 Å². The number of halogens is 4. The first-order valence-corrected chi connectivity index (χ1v) is 8.87. The first-order valence-electron chi connectivity index (χ1n) is 7.50. The number of anilines is 1. The van der Waals surface area contributed by atoms with E-state index in [9.17, 15) is 18.0 Å². The summed E-state index contributed by atoms with van der Waals surface area (Å²) in [6, 6.07) is 11.2. The fourth-order valence-corrected chi connectivity index (χ4v) is 2.85. The Bertz CT molecular complexity index is 928. The zero-order valence-electron chi connectivity index (χ0n) is 13.5. The second-order valence-corrected chi connectivity index (χ2v) is 6.76. The summed E-state index contributed by atoms with van der Waals surface area (Å²) in [5.41, 5.74) is -0.468. The van der Waals surface area contributed by atoms with Crippen LogP contribution in [0.25, 0.3) is 11.5 Å². The van der Waals surface area contributed by atoms with E-state index in [1.165, 1.54) is 23.9 Å². The van der Waals surface area contributed by atoms with Crippen LogP contribution >= 0.6 is 23.4 Å². The van der Waals surface area contributed by atoms with E-state index in [0.29, 0.717) is 10.6 Å². The molecule has 0 bridgehead atoms. The first kappa shape index (κ1) is 19.2. The van der Waals surface area contributed by atoms with Gasteiger partial charge in [0.15, 0.2) is 0 Å². The molecule has 140 valence electrons. The third-order valence-electron chi connectivity index (χ3n) is 3.31. The molecule has 0 aliphatic rings. The van der Waals surface area contributed by atoms with Crippen LogP contribution in [0.15, 0.2) is 57.8 Å². The van der Waals surface area contributed by atoms with E-state index in [4.69, 9.17) is 16.0 Å². The second-order valence-electron chi connectivity index (χ2n) is 5.28. The van der Waals surface area contributed by atoms with Crippen molar-refractivity contribution in [3.05, 3.63) is 59.1 Å². The van der Waals surface area contributed by atoms with Crippen LogP contribution in [-0.4, -0.2) is 21.9 Å². The molecule has 0 saturated carbocycles. The molecular formula is C17H11ClF3N3O2S. The van der Waals surface area contributed by atoms with E-state index >= 15 is 0 Å². The number of nitrogens with one attached hydrogen (secondary N) is 1. The number of aromatic nitrogens is 2. The smallest absolute Gasteiger partial charge is 0.403 e. The Labute approximate surface area is 160 Å². The number of hydrogen-bond donors (Lipinski definition) is 1. The molecule has 1 aromatic heterocycles. The van der Waals surface area contributed by atoms with Crippen LogP contribution in [-0.2, 0) is 11.0 Å². The van der Waals surface area contributed by atoms with Crippen LogP contribution in [0.3, 0.4) is 0 Å². The lowest BCUT2D eigenvalue weighted by Gasteiger charge is -2.05. The van der Waals surface area contributed by atoms with Crippen LogP contribution in [0.4, 0.5) is 19.2 Å². The number of hydrogen-bond acceptors (Lipinski definition) is 5. The molecule has 0 radical (unpaired) electrons. The van der Waals surface area contributed by atoms with Crippen LogP contribution < -0.4 is 5.32 Å². The van der Waals surface area contributed by atoms with Gasteiger partial charge >= 0.3 is 12.2 Å². The summed E-state index contributed by atoms with van der Waals surface area (Å²) in [7, 11) is 0. The Hall–Kier alpha value is -2.52. The highest BCUT2D eigenvalue weighted by Crippen LogP contribution is 2.31. The zero-order chi connectivity index (χ0) is 19.4. The maximum absolute atomic E-state index is 12.6. The predicted molar refractivity (Wildman–Crippen MR) is 95.5 cm³/mol. The molecule has 10 heteroatoms. The Morgan fingerprint density at radius 2 is 1.74 bits per heavy atom. The molecule has 0 aliphatic carbocycles. The van der Waals surface area contributed by atoms with E-state index in [2.05, 4.69) is 15.5 Å². The summed E-state index contributed by atoms with van der Waals surface area (Å²) in [6.45, 7) is 0. The van der Waals surface area contributed by atoms with Gasteiger partial charge < -0.3 is 4.42 Å². The average Bonchev–Trinajstić information content (AvgIpc) is 3.09. The third kappa shape index (κ3) is 5.24. The van der Waals surface area contributed by atoms with Gasteiger partial charge in [0.05, 0.1) is 11.3 Å². The van der Waals surface area contributed by atoms with Crippen molar-refractivity contribution >= 4 is 35.3 Å². The molecular weight excluding hydrogens is 403 g/mol. The largest absolute Gasteiger partial charge is 0.416 e. The van der Waals surface area contributed by atoms with Gasteiger partial charge in [0.25, 0.3) is 0 Å². The lowest BCUT2D eigenvalue weighted by molar-refractivity contribution is -0.137. The van der Waals surface area contributed by atoms with E-state index in [1.807, 2.05) is 0 Å². The Morgan fingerprint density at radius 1 is 1.07 bits per heavy atom. The summed E-state index contributed by atoms with van der Waals surface area (Å²) in [6.07, 6.45) is -4.42. The minimum absolute atomic E-state index is 0.00405. The SMILES string of the molecule is O=C(CSc1ccc(Cl)cc1)Nc1nnc(-c2ccc(C(F)(F)F)cc2)o1. The standard InChI is InChI=1S/C17H11ClF3N3O2S/c18-12-5-7-13(8-6-12)27-9-14(25)22-16-24-23-15(26-16)10-1-3-11(4-2-10)17(19,20)21/h1-8H,9H2,(H,22,24,25). The number of carbonyl (C=O) groups is 1. The van der Waals surface area contributed by atoms with Crippen molar-refractivity contribution in [2.75, 3.05) is 11.1 Å². The van der Waals surface area contributed by atoms with Crippen molar-refractivity contribution in [1.82, 2.24) is 10.2 Å². The summed E-state index contributed by atoms with van der Waals surface area (Å²) >= 11 is 7.09. The van der Waals surface area contributed by atoms with Gasteiger partial charge in [-0.2, -0.15) is 13.2 Å². The summed E-state index contributed by atoms with van der Waals surface area (Å²) in [5, 5.41) is 10.4. The van der Waals surface area contributed by atoms with Gasteiger partial charge in [0, 0.05) is 15.5 Å². The molecule has 0 aliphatic heterocycles. The first-order chi connectivity index (χ1) is 12.8. The number of carbonyl (C=O) groups excluding carboxylic acids is 1. The van der Waals surface area contributed by atoms with Crippen molar-refractivity contribution in [2.45, 2.75) is 11.1 Å². The monoisotopic (exact) mass is 413 g/mol. The van der Waals surface area contributed by atoms with Gasteiger partial charge in [-0.1, -0.05) is 16.7 Å². The maximum atomic E-state index is 12.6. The van der Waals surface area contributed by atoms with Crippen LogP contribution in [0.5, 0.6) is 0 Å². The van der Waals surface area contributed by atoms with Crippen LogP contribution in [0.1, 0.15) is 5.56 Å². The van der Waals surface area contributed by atoms with Crippen molar-refractivity contribution in [3.63, 3.8) is 0 Å². The second kappa shape index (κ2) is 8.01. The highest BCUT2D eigenvalue weighted by molar-refractivity contribution is 8.00. The Morgan fingerprint density at radius 3 is 2.37 bits per heavy atom. The van der Waals surface area contributed by atoms with Gasteiger partial charge in [-0.25, -0.2) is 0 Å². The number of nitrogens with zero attached hydrogens (tertiary/aromatic N) is 2. The molecule has 1 heterocycles. The summed E-state index contributed by atoms with van der Waals surface area (Å²) in [4.78, 5) is 12.8. The van der Waals surface area contributed by atoms with E-state index in [-0.39, 0.29) is 23.6 Å². The molecule has 1 amide bonds. The fourth-order valence-electron chi connectivity index (χ4n) is 2.03. The molecule has 0 unspecified atom stereocenters. The van der Waals surface area contributed by atoms with E-state index < -0.39 is 11.7 Å². The zero-order valence-corrected chi connectivity index (χ0v) is 15.0. The highest BCUT2D eigenvalue weighted by Gasteiger charge is 2.30. The maximum Gasteiger partial charge on any atom is 0.416 e. The Kier molecular flexibility index (Phi) is 5.71. The van der Waals surface area contributed by atoms with Crippen LogP contribution in [0.2, 0.25) is 5.02 Å². The van der Waals surface area contributed by atoms with E-state index in [1.54, 1.807) is 24.3 Å². The quantitative estimate of drug-likeness (QED) is 0.586. The number of rotatable bonds is 5. The molecule has 27 heavy (non-hydrogen) atoms. The number of benzene rings is 2. The van der Waals surface area contributed by atoms with Gasteiger partial charge in [0.2, 0.25) is 11.8 Å². The molecule has 3 aromatic rings. The normalized spacial score (nSPS) is 11.4. The predicted octanol–water partition coefficient (Wildman–Crippen LogP) is 5.14. The summed E-state index contributed by atoms with van der Waals surface area (Å²) < 4.78 is 43.0. The fraction of sp³-hybridized carbons (Fsp3) is 0.118. The molecule has 1 N–H and O–H groups in total. The lowest BCUT2D eigenvalue weighted by Crippen LogP contribution is -2.14. The Balaban J connectivity index is 1.58. The van der Waals surface area contributed by atoms with Gasteiger partial charge in [-0.05, 0) is 48.5 Å². The van der Waals surface area contributed by atoms with Crippen LogP contribution in [0, 0.1) is 0 Å². The molecule has 0 fully saturated rings. The molecule has 2 aromatic carbocycles. The van der Waals surface area contributed by atoms with Crippen molar-refractivity contribution in [1.29, 1.82) is 0 Å². The van der Waals surface area contributed by atoms with Gasteiger partial charge in [0.1, 0.15) is 0 Å². The highest BCUT2D eigenvalue weighted by atomic mass is 35.5. The van der Waals surface area contributed by atoms with Gasteiger partial charge in [-0.3, -0.25) is 10.1 Å². The molecule has 3 rings (SSSR count). The molecule has 0 spiro atoms. The lowest BCUT2D eigenvalue weighted by atomic mass is 10.1. The van der Waals surface area contributed by atoms with E-state index in [0.717, 1.165) is 17.0 Å². The average molecular weight is 414 g/mol.